The maximum absolute atomic E-state index is 13.8. The number of piperidine rings is 1. The molecule has 1 amide bonds. The zero-order valence-electron chi connectivity index (χ0n) is 15.3. The summed E-state index contributed by atoms with van der Waals surface area (Å²) in [6.45, 7) is 0.777. The molecule has 0 radical (unpaired) electrons. The van der Waals surface area contributed by atoms with Crippen LogP contribution in [-0.4, -0.2) is 29.9 Å². The maximum Gasteiger partial charge on any atom is 0.309 e. The lowest BCUT2D eigenvalue weighted by Gasteiger charge is -2.30. The van der Waals surface area contributed by atoms with Crippen LogP contribution in [0.1, 0.15) is 24.0 Å². The van der Waals surface area contributed by atoms with Crippen molar-refractivity contribution in [2.45, 2.75) is 19.4 Å². The van der Waals surface area contributed by atoms with Gasteiger partial charge in [-0.1, -0.05) is 48.0 Å². The maximum atomic E-state index is 13.8. The Bertz CT molecular complexity index is 841. The van der Waals surface area contributed by atoms with Gasteiger partial charge >= 0.3 is 5.97 Å². The van der Waals surface area contributed by atoms with Crippen molar-refractivity contribution in [3.8, 4) is 0 Å². The first-order valence-corrected chi connectivity index (χ1v) is 9.54. The molecular weight excluding hydrogens is 381 g/mol. The second kappa shape index (κ2) is 9.51. The Morgan fingerprint density at radius 3 is 2.50 bits per heavy atom. The van der Waals surface area contributed by atoms with Gasteiger partial charge in [0.25, 0.3) is 0 Å². The van der Waals surface area contributed by atoms with Crippen LogP contribution in [0.5, 0.6) is 0 Å². The Kier molecular flexibility index (Phi) is 6.82. The van der Waals surface area contributed by atoms with Crippen LogP contribution in [0, 0.1) is 11.7 Å². The molecule has 1 heterocycles. The molecule has 1 aliphatic heterocycles. The minimum absolute atomic E-state index is 0.0752. The molecule has 2 aromatic carbocycles. The van der Waals surface area contributed by atoms with Gasteiger partial charge in [-0.2, -0.15) is 0 Å². The molecule has 0 atom stereocenters. The molecule has 2 aromatic rings. The van der Waals surface area contributed by atoms with Gasteiger partial charge in [0.05, 0.1) is 10.9 Å². The third-order valence-electron chi connectivity index (χ3n) is 4.78. The van der Waals surface area contributed by atoms with E-state index < -0.39 is 5.82 Å². The number of esters is 1. The van der Waals surface area contributed by atoms with Gasteiger partial charge < -0.3 is 9.64 Å². The number of ether oxygens (including phenoxy) is 1. The summed E-state index contributed by atoms with van der Waals surface area (Å²) >= 11 is 5.94. The number of rotatable bonds is 5. The smallest absolute Gasteiger partial charge is 0.309 e. The molecule has 4 nitrogen and oxygen atoms in total. The lowest BCUT2D eigenvalue weighted by Crippen LogP contribution is -2.39. The van der Waals surface area contributed by atoms with Crippen molar-refractivity contribution in [3.63, 3.8) is 0 Å². The first-order valence-electron chi connectivity index (χ1n) is 9.16. The van der Waals surface area contributed by atoms with Crippen molar-refractivity contribution in [2.24, 2.45) is 5.92 Å². The van der Waals surface area contributed by atoms with Crippen LogP contribution in [0.25, 0.3) is 6.08 Å². The lowest BCUT2D eigenvalue weighted by molar-refractivity contribution is -0.152. The molecule has 1 aliphatic rings. The van der Waals surface area contributed by atoms with E-state index in [1.165, 1.54) is 12.1 Å². The largest absolute Gasteiger partial charge is 0.460 e. The first kappa shape index (κ1) is 20.1. The number of amides is 1. The van der Waals surface area contributed by atoms with E-state index in [9.17, 15) is 14.0 Å². The number of hydrogen-bond acceptors (Lipinski definition) is 3. The van der Waals surface area contributed by atoms with E-state index in [0.29, 0.717) is 25.9 Å². The Morgan fingerprint density at radius 2 is 1.82 bits per heavy atom. The zero-order chi connectivity index (χ0) is 19.9. The summed E-state index contributed by atoms with van der Waals surface area (Å²) in [5.74, 6) is -1.25. The van der Waals surface area contributed by atoms with E-state index in [1.54, 1.807) is 23.1 Å². The monoisotopic (exact) mass is 401 g/mol. The summed E-state index contributed by atoms with van der Waals surface area (Å²) in [6.07, 6.45) is 4.37. The highest BCUT2D eigenvalue weighted by Gasteiger charge is 2.28. The summed E-state index contributed by atoms with van der Waals surface area (Å²) in [5, 5.41) is 0.235. The second-order valence-corrected chi connectivity index (χ2v) is 7.06. The van der Waals surface area contributed by atoms with Crippen LogP contribution >= 0.6 is 11.6 Å². The normalized spacial score (nSPS) is 15.0. The number of nitrogens with zero attached hydrogens (tertiary/aromatic N) is 1. The fourth-order valence-corrected chi connectivity index (χ4v) is 3.32. The molecule has 146 valence electrons. The van der Waals surface area contributed by atoms with E-state index in [2.05, 4.69) is 0 Å². The molecule has 1 saturated heterocycles. The van der Waals surface area contributed by atoms with Crippen LogP contribution in [0.3, 0.4) is 0 Å². The van der Waals surface area contributed by atoms with Crippen molar-refractivity contribution in [1.29, 1.82) is 0 Å². The molecule has 0 spiro atoms. The van der Waals surface area contributed by atoms with Crippen LogP contribution in [0.15, 0.2) is 54.6 Å². The average molecular weight is 402 g/mol. The molecule has 0 unspecified atom stereocenters. The quantitative estimate of drug-likeness (QED) is 0.548. The lowest BCUT2D eigenvalue weighted by atomic mass is 9.97. The Labute approximate surface area is 168 Å². The number of carbonyl (C=O) groups is 2. The molecule has 6 heteroatoms. The molecule has 0 aliphatic carbocycles. The highest BCUT2D eigenvalue weighted by molar-refractivity contribution is 6.31. The van der Waals surface area contributed by atoms with E-state index in [1.807, 2.05) is 30.3 Å². The SMILES string of the molecule is O=C(OCc1c(F)cccc1Cl)C1CCN(C(=O)/C=C/c2ccccc2)CC1. The highest BCUT2D eigenvalue weighted by atomic mass is 35.5. The minimum atomic E-state index is -0.495. The predicted molar refractivity (Wildman–Crippen MR) is 106 cm³/mol. The van der Waals surface area contributed by atoms with E-state index in [-0.39, 0.29) is 35.0 Å². The molecule has 0 bridgehead atoms. The van der Waals surface area contributed by atoms with Crippen molar-refractivity contribution in [1.82, 2.24) is 4.90 Å². The molecule has 28 heavy (non-hydrogen) atoms. The zero-order valence-corrected chi connectivity index (χ0v) is 16.1. The van der Waals surface area contributed by atoms with Crippen LogP contribution in [0.2, 0.25) is 5.02 Å². The first-order chi connectivity index (χ1) is 13.5. The Hall–Kier alpha value is -2.66. The van der Waals surface area contributed by atoms with Crippen molar-refractivity contribution < 1.29 is 18.7 Å². The standard InChI is InChI=1S/C22H21ClFNO3/c23-19-7-4-8-20(24)18(19)15-28-22(27)17-11-13-25(14-12-17)21(26)10-9-16-5-2-1-3-6-16/h1-10,17H,11-15H2/b10-9+. The summed E-state index contributed by atoms with van der Waals surface area (Å²) in [5.41, 5.74) is 1.14. The number of benzene rings is 2. The van der Waals surface area contributed by atoms with Crippen molar-refractivity contribution in [3.05, 3.63) is 76.6 Å². The molecule has 0 aromatic heterocycles. The fraction of sp³-hybridized carbons (Fsp3) is 0.273. The minimum Gasteiger partial charge on any atom is -0.460 e. The van der Waals surface area contributed by atoms with Crippen LogP contribution in [0.4, 0.5) is 4.39 Å². The predicted octanol–water partition coefficient (Wildman–Crippen LogP) is 4.47. The number of hydrogen-bond donors (Lipinski definition) is 0. The van der Waals surface area contributed by atoms with E-state index in [0.717, 1.165) is 5.56 Å². The summed E-state index contributed by atoms with van der Waals surface area (Å²) < 4.78 is 19.0. The third-order valence-corrected chi connectivity index (χ3v) is 5.13. The summed E-state index contributed by atoms with van der Waals surface area (Å²) in [4.78, 5) is 26.3. The number of carbonyl (C=O) groups excluding carboxylic acids is 2. The van der Waals surface area contributed by atoms with Gasteiger partial charge in [0, 0.05) is 24.7 Å². The Balaban J connectivity index is 1.47. The van der Waals surface area contributed by atoms with Gasteiger partial charge in [0.1, 0.15) is 12.4 Å². The van der Waals surface area contributed by atoms with Gasteiger partial charge in [-0.15, -0.1) is 0 Å². The molecule has 1 fully saturated rings. The van der Waals surface area contributed by atoms with Gasteiger partial charge in [-0.05, 0) is 36.6 Å². The molecular formula is C22H21ClFNO3. The third kappa shape index (κ3) is 5.20. The molecule has 3 rings (SSSR count). The van der Waals surface area contributed by atoms with Crippen LogP contribution < -0.4 is 0 Å². The summed E-state index contributed by atoms with van der Waals surface area (Å²) in [7, 11) is 0. The molecule has 0 N–H and O–H groups in total. The van der Waals surface area contributed by atoms with Gasteiger partial charge in [-0.3, -0.25) is 9.59 Å². The topological polar surface area (TPSA) is 46.6 Å². The number of likely N-dealkylation sites (tertiary alicyclic amines) is 1. The highest BCUT2D eigenvalue weighted by Crippen LogP contribution is 2.23. The molecule has 0 saturated carbocycles. The summed E-state index contributed by atoms with van der Waals surface area (Å²) in [6, 6.07) is 13.9. The van der Waals surface area contributed by atoms with Gasteiger partial charge in [-0.25, -0.2) is 4.39 Å². The fourth-order valence-electron chi connectivity index (χ4n) is 3.10. The number of halogens is 2. The van der Waals surface area contributed by atoms with Crippen molar-refractivity contribution >= 4 is 29.6 Å². The van der Waals surface area contributed by atoms with Crippen LogP contribution in [-0.2, 0) is 20.9 Å². The van der Waals surface area contributed by atoms with E-state index >= 15 is 0 Å². The van der Waals surface area contributed by atoms with E-state index in [4.69, 9.17) is 16.3 Å². The Morgan fingerprint density at radius 1 is 1.11 bits per heavy atom. The van der Waals surface area contributed by atoms with Gasteiger partial charge in [0.2, 0.25) is 5.91 Å². The van der Waals surface area contributed by atoms with Crippen molar-refractivity contribution in [2.75, 3.05) is 13.1 Å². The second-order valence-electron chi connectivity index (χ2n) is 6.65. The van der Waals surface area contributed by atoms with Gasteiger partial charge in [0.15, 0.2) is 0 Å². The average Bonchev–Trinajstić information content (AvgIpc) is 2.72.